The topological polar surface area (TPSA) is 93.9 Å². The summed E-state index contributed by atoms with van der Waals surface area (Å²) in [4.78, 5) is 24.7. The molecule has 1 aliphatic rings. The van der Waals surface area contributed by atoms with Crippen LogP contribution in [0.25, 0.3) is 0 Å². The highest BCUT2D eigenvalue weighted by atomic mass is 16.6. The molecule has 27 heavy (non-hydrogen) atoms. The van der Waals surface area contributed by atoms with Crippen molar-refractivity contribution in [2.45, 2.75) is 6.04 Å². The summed E-state index contributed by atoms with van der Waals surface area (Å²) in [5, 5.41) is 14.0. The summed E-state index contributed by atoms with van der Waals surface area (Å²) in [6.45, 7) is 1.76. The zero-order valence-corrected chi connectivity index (χ0v) is 15.0. The maximum Gasteiger partial charge on any atom is 0.269 e. The Labute approximate surface area is 156 Å². The van der Waals surface area contributed by atoms with Gasteiger partial charge >= 0.3 is 0 Å². The first-order valence-corrected chi connectivity index (χ1v) is 8.60. The van der Waals surface area contributed by atoms with E-state index in [1.165, 1.54) is 24.3 Å². The second-order valence-corrected chi connectivity index (χ2v) is 6.09. The normalized spacial score (nSPS) is 16.6. The summed E-state index contributed by atoms with van der Waals surface area (Å²) >= 11 is 0. The van der Waals surface area contributed by atoms with Crippen molar-refractivity contribution in [1.29, 1.82) is 0 Å². The zero-order chi connectivity index (χ0) is 19.2. The van der Waals surface area contributed by atoms with Crippen molar-refractivity contribution in [3.8, 4) is 11.5 Å². The van der Waals surface area contributed by atoms with E-state index in [0.29, 0.717) is 25.4 Å². The highest BCUT2D eigenvalue weighted by molar-refractivity contribution is 5.78. The molecular weight excluding hydrogens is 350 g/mol. The van der Waals surface area contributed by atoms with Crippen LogP contribution in [0.2, 0.25) is 0 Å². The van der Waals surface area contributed by atoms with Gasteiger partial charge in [-0.05, 0) is 18.2 Å². The van der Waals surface area contributed by atoms with Gasteiger partial charge in [0, 0.05) is 37.3 Å². The number of nitro benzene ring substituents is 1. The molecule has 2 aromatic rings. The Hall–Kier alpha value is -3.13. The number of carbonyl (C=O) groups is 1. The average Bonchev–Trinajstić information content (AvgIpc) is 2.72. The van der Waals surface area contributed by atoms with Gasteiger partial charge in [0.25, 0.3) is 11.6 Å². The third kappa shape index (κ3) is 4.35. The predicted molar refractivity (Wildman–Crippen MR) is 98.9 cm³/mol. The Balaban J connectivity index is 1.69. The lowest BCUT2D eigenvalue weighted by Crippen LogP contribution is -2.50. The Morgan fingerprint density at radius 2 is 2.00 bits per heavy atom. The number of piperazine rings is 1. The van der Waals surface area contributed by atoms with Crippen molar-refractivity contribution >= 4 is 11.6 Å². The summed E-state index contributed by atoms with van der Waals surface area (Å²) in [5.41, 5.74) is 0.919. The Morgan fingerprint density at radius 1 is 1.26 bits per heavy atom. The quantitative estimate of drug-likeness (QED) is 0.618. The van der Waals surface area contributed by atoms with E-state index in [1.807, 2.05) is 24.3 Å². The second-order valence-electron chi connectivity index (χ2n) is 6.09. The number of rotatable bonds is 6. The molecule has 8 heteroatoms. The number of nitro groups is 1. The minimum absolute atomic E-state index is 0.0213. The standard InChI is InChI=1S/C19H21N3O5/c1-26-18-5-3-2-4-16(18)17-12-20-10-11-21(17)19(23)13-27-15-8-6-14(7-9-15)22(24)25/h2-9,17,20H,10-13H2,1H3. The molecule has 1 N–H and O–H groups in total. The van der Waals surface area contributed by atoms with E-state index in [9.17, 15) is 14.9 Å². The molecule has 0 radical (unpaired) electrons. The number of benzene rings is 2. The number of hydrogen-bond acceptors (Lipinski definition) is 6. The Morgan fingerprint density at radius 3 is 2.70 bits per heavy atom. The molecule has 0 aromatic heterocycles. The number of nitrogens with one attached hydrogen (secondary N) is 1. The van der Waals surface area contributed by atoms with Gasteiger partial charge in [0.1, 0.15) is 11.5 Å². The van der Waals surface area contributed by atoms with Gasteiger partial charge in [0.2, 0.25) is 0 Å². The number of nitrogens with zero attached hydrogens (tertiary/aromatic N) is 2. The van der Waals surface area contributed by atoms with Gasteiger partial charge in [-0.15, -0.1) is 0 Å². The summed E-state index contributed by atoms with van der Waals surface area (Å²) in [6, 6.07) is 13.2. The van der Waals surface area contributed by atoms with E-state index in [4.69, 9.17) is 9.47 Å². The molecule has 1 saturated heterocycles. The van der Waals surface area contributed by atoms with E-state index in [0.717, 1.165) is 11.3 Å². The van der Waals surface area contributed by atoms with Crippen molar-refractivity contribution in [2.24, 2.45) is 0 Å². The minimum Gasteiger partial charge on any atom is -0.496 e. The van der Waals surface area contributed by atoms with Gasteiger partial charge in [-0.25, -0.2) is 0 Å². The van der Waals surface area contributed by atoms with Crippen LogP contribution in [0.4, 0.5) is 5.69 Å². The van der Waals surface area contributed by atoms with Crippen LogP contribution in [0.15, 0.2) is 48.5 Å². The lowest BCUT2D eigenvalue weighted by molar-refractivity contribution is -0.384. The molecule has 142 valence electrons. The molecule has 1 amide bonds. The van der Waals surface area contributed by atoms with E-state index >= 15 is 0 Å². The fourth-order valence-electron chi connectivity index (χ4n) is 3.11. The van der Waals surface area contributed by atoms with Crippen LogP contribution in [0.5, 0.6) is 11.5 Å². The molecular formula is C19H21N3O5. The van der Waals surface area contributed by atoms with E-state index < -0.39 is 4.92 Å². The Kier molecular flexibility index (Phi) is 5.87. The van der Waals surface area contributed by atoms with Crippen LogP contribution in [0.1, 0.15) is 11.6 Å². The lowest BCUT2D eigenvalue weighted by Gasteiger charge is -2.37. The molecule has 3 rings (SSSR count). The fraction of sp³-hybridized carbons (Fsp3) is 0.316. The Bertz CT molecular complexity index is 809. The van der Waals surface area contributed by atoms with Crippen molar-refractivity contribution in [3.63, 3.8) is 0 Å². The highest BCUT2D eigenvalue weighted by Crippen LogP contribution is 2.30. The summed E-state index contributed by atoms with van der Waals surface area (Å²) < 4.78 is 11.0. The number of ether oxygens (including phenoxy) is 2. The highest BCUT2D eigenvalue weighted by Gasteiger charge is 2.29. The first kappa shape index (κ1) is 18.7. The van der Waals surface area contributed by atoms with Crippen LogP contribution in [0, 0.1) is 10.1 Å². The van der Waals surface area contributed by atoms with Crippen molar-refractivity contribution in [2.75, 3.05) is 33.4 Å². The van der Waals surface area contributed by atoms with Gasteiger partial charge < -0.3 is 19.7 Å². The van der Waals surface area contributed by atoms with E-state index in [1.54, 1.807) is 12.0 Å². The van der Waals surface area contributed by atoms with Crippen LogP contribution >= 0.6 is 0 Å². The molecule has 0 spiro atoms. The largest absolute Gasteiger partial charge is 0.496 e. The van der Waals surface area contributed by atoms with Crippen molar-refractivity contribution in [3.05, 3.63) is 64.2 Å². The van der Waals surface area contributed by atoms with Crippen molar-refractivity contribution < 1.29 is 19.2 Å². The summed E-state index contributed by atoms with van der Waals surface area (Å²) in [7, 11) is 1.61. The molecule has 2 aromatic carbocycles. The number of carbonyl (C=O) groups excluding carboxylic acids is 1. The fourth-order valence-corrected chi connectivity index (χ4v) is 3.11. The maximum atomic E-state index is 12.8. The smallest absolute Gasteiger partial charge is 0.269 e. The van der Waals surface area contributed by atoms with E-state index in [2.05, 4.69) is 5.32 Å². The first-order chi connectivity index (χ1) is 13.1. The molecule has 0 bridgehead atoms. The molecule has 0 saturated carbocycles. The molecule has 0 aliphatic carbocycles. The van der Waals surface area contributed by atoms with Crippen molar-refractivity contribution in [1.82, 2.24) is 10.2 Å². The van der Waals surface area contributed by atoms with Gasteiger partial charge in [-0.3, -0.25) is 14.9 Å². The number of amides is 1. The van der Waals surface area contributed by atoms with Crippen LogP contribution in [-0.4, -0.2) is 49.1 Å². The van der Waals surface area contributed by atoms with Gasteiger partial charge in [-0.2, -0.15) is 0 Å². The van der Waals surface area contributed by atoms with Crippen LogP contribution < -0.4 is 14.8 Å². The van der Waals surface area contributed by atoms with E-state index in [-0.39, 0.29) is 24.2 Å². The molecule has 1 atom stereocenters. The summed E-state index contributed by atoms with van der Waals surface area (Å²) in [5.74, 6) is 1.00. The second kappa shape index (κ2) is 8.50. The third-order valence-corrected chi connectivity index (χ3v) is 4.47. The predicted octanol–water partition coefficient (Wildman–Crippen LogP) is 2.16. The monoisotopic (exact) mass is 371 g/mol. The lowest BCUT2D eigenvalue weighted by atomic mass is 10.0. The minimum atomic E-state index is -0.479. The van der Waals surface area contributed by atoms with Gasteiger partial charge in [0.15, 0.2) is 6.61 Å². The first-order valence-electron chi connectivity index (χ1n) is 8.60. The molecule has 1 aliphatic heterocycles. The zero-order valence-electron chi connectivity index (χ0n) is 15.0. The third-order valence-electron chi connectivity index (χ3n) is 4.47. The number of para-hydroxylation sites is 1. The number of non-ortho nitro benzene ring substituents is 1. The molecule has 8 nitrogen and oxygen atoms in total. The molecule has 1 unspecified atom stereocenters. The van der Waals surface area contributed by atoms with Gasteiger partial charge in [-0.1, -0.05) is 18.2 Å². The summed E-state index contributed by atoms with van der Waals surface area (Å²) in [6.07, 6.45) is 0. The van der Waals surface area contributed by atoms with Crippen LogP contribution in [0.3, 0.4) is 0 Å². The molecule has 1 heterocycles. The average molecular weight is 371 g/mol. The molecule has 1 fully saturated rings. The number of hydrogen-bond donors (Lipinski definition) is 1. The number of methoxy groups -OCH3 is 1. The maximum absolute atomic E-state index is 12.8. The van der Waals surface area contributed by atoms with Gasteiger partial charge in [0.05, 0.1) is 18.1 Å². The SMILES string of the molecule is COc1ccccc1C1CNCCN1C(=O)COc1ccc([N+](=O)[O-])cc1. The van der Waals surface area contributed by atoms with Crippen LogP contribution in [-0.2, 0) is 4.79 Å².